The second-order valence-electron chi connectivity index (χ2n) is 5.97. The first-order chi connectivity index (χ1) is 10.1. The number of nitrogens with two attached hydrogens (primary N) is 1. The number of rotatable bonds is 5. The highest BCUT2D eigenvalue weighted by atomic mass is 16.1. The fourth-order valence-corrected chi connectivity index (χ4v) is 3.05. The lowest BCUT2D eigenvalue weighted by Gasteiger charge is -2.40. The summed E-state index contributed by atoms with van der Waals surface area (Å²) in [6.07, 6.45) is 4.53. The van der Waals surface area contributed by atoms with E-state index >= 15 is 0 Å². The third kappa shape index (κ3) is 3.91. The van der Waals surface area contributed by atoms with Crippen LogP contribution >= 0.6 is 0 Å². The van der Waals surface area contributed by atoms with Gasteiger partial charge in [0.15, 0.2) is 5.69 Å². The van der Waals surface area contributed by atoms with Gasteiger partial charge in [0.2, 0.25) is 0 Å². The fourth-order valence-electron chi connectivity index (χ4n) is 3.05. The van der Waals surface area contributed by atoms with Crippen LogP contribution < -0.4 is 16.4 Å². The number of hydrogen-bond donors (Lipinski definition) is 3. The Bertz CT molecular complexity index is 475. The molecule has 2 atom stereocenters. The largest absolute Gasteiger partial charge is 0.362 e. The Hall–Kier alpha value is -1.69. The van der Waals surface area contributed by atoms with E-state index in [1.807, 2.05) is 6.92 Å². The molecule has 6 nitrogen and oxygen atoms in total. The predicted octanol–water partition coefficient (Wildman–Crippen LogP) is 1.55. The van der Waals surface area contributed by atoms with E-state index in [2.05, 4.69) is 27.8 Å². The van der Waals surface area contributed by atoms with E-state index in [9.17, 15) is 4.79 Å². The molecule has 2 unspecified atom stereocenters. The van der Waals surface area contributed by atoms with Crippen molar-refractivity contribution in [2.24, 2.45) is 11.7 Å². The van der Waals surface area contributed by atoms with Crippen molar-refractivity contribution in [2.45, 2.75) is 45.1 Å². The van der Waals surface area contributed by atoms with Gasteiger partial charge in [0.05, 0.1) is 5.54 Å². The molecule has 0 bridgehead atoms. The summed E-state index contributed by atoms with van der Waals surface area (Å²) in [5, 5.41) is 14.2. The molecule has 2 rings (SSSR count). The molecule has 4 N–H and O–H groups in total. The quantitative estimate of drug-likeness (QED) is 0.765. The first kappa shape index (κ1) is 15.7. The van der Waals surface area contributed by atoms with Gasteiger partial charge in [-0.2, -0.15) is 0 Å². The van der Waals surface area contributed by atoms with Gasteiger partial charge in [-0.3, -0.25) is 4.79 Å². The lowest BCUT2D eigenvalue weighted by molar-refractivity contribution is 0.0950. The number of aromatic nitrogens is 2. The normalized spacial score (nSPS) is 25.4. The van der Waals surface area contributed by atoms with Crippen LogP contribution in [-0.4, -0.2) is 34.7 Å². The summed E-state index contributed by atoms with van der Waals surface area (Å²) in [4.78, 5) is 11.7. The first-order valence-corrected chi connectivity index (χ1v) is 7.69. The Balaban J connectivity index is 2.06. The van der Waals surface area contributed by atoms with Crippen molar-refractivity contribution in [3.63, 3.8) is 0 Å². The molecule has 0 spiro atoms. The molecule has 0 radical (unpaired) electrons. The Labute approximate surface area is 125 Å². The van der Waals surface area contributed by atoms with Gasteiger partial charge < -0.3 is 16.4 Å². The first-order valence-electron chi connectivity index (χ1n) is 7.69. The zero-order chi connectivity index (χ0) is 15.3. The molecule has 1 amide bonds. The van der Waals surface area contributed by atoms with E-state index in [0.717, 1.165) is 12.8 Å². The monoisotopic (exact) mass is 291 g/mol. The van der Waals surface area contributed by atoms with Crippen molar-refractivity contribution in [1.82, 2.24) is 15.5 Å². The summed E-state index contributed by atoms with van der Waals surface area (Å²) in [7, 11) is 0. The highest BCUT2D eigenvalue weighted by Gasteiger charge is 2.34. The van der Waals surface area contributed by atoms with Crippen LogP contribution in [0.5, 0.6) is 0 Å². The lowest BCUT2D eigenvalue weighted by atomic mass is 9.76. The minimum absolute atomic E-state index is 0.0977. The second-order valence-corrected chi connectivity index (χ2v) is 5.97. The van der Waals surface area contributed by atoms with Gasteiger partial charge >= 0.3 is 0 Å². The molecule has 116 valence electrons. The Morgan fingerprint density at radius 3 is 2.86 bits per heavy atom. The summed E-state index contributed by atoms with van der Waals surface area (Å²) < 4.78 is 0. The third-order valence-corrected chi connectivity index (χ3v) is 4.11. The molecule has 1 aromatic heterocycles. The fraction of sp³-hybridized carbons (Fsp3) is 0.667. The highest BCUT2D eigenvalue weighted by Crippen LogP contribution is 2.33. The number of nitrogens with one attached hydrogen (secondary N) is 2. The topological polar surface area (TPSA) is 92.9 Å². The van der Waals surface area contributed by atoms with Gasteiger partial charge in [0.1, 0.15) is 5.82 Å². The van der Waals surface area contributed by atoms with Gasteiger partial charge in [0, 0.05) is 13.1 Å². The third-order valence-electron chi connectivity index (χ3n) is 4.11. The highest BCUT2D eigenvalue weighted by molar-refractivity contribution is 5.92. The maximum absolute atomic E-state index is 11.7. The molecule has 1 fully saturated rings. The molecule has 6 heteroatoms. The summed E-state index contributed by atoms with van der Waals surface area (Å²) in [6, 6.07) is 3.49. The van der Waals surface area contributed by atoms with Crippen LogP contribution in [-0.2, 0) is 0 Å². The van der Waals surface area contributed by atoms with E-state index in [1.54, 1.807) is 12.1 Å². The van der Waals surface area contributed by atoms with E-state index in [0.29, 0.717) is 30.5 Å². The Kier molecular flexibility index (Phi) is 5.12. The van der Waals surface area contributed by atoms with Crippen LogP contribution in [0.3, 0.4) is 0 Å². The molecule has 1 aromatic rings. The van der Waals surface area contributed by atoms with Crippen molar-refractivity contribution < 1.29 is 4.79 Å². The molecule has 1 saturated carbocycles. The molecule has 0 aromatic carbocycles. The van der Waals surface area contributed by atoms with Crippen molar-refractivity contribution in [3.05, 3.63) is 17.8 Å². The maximum atomic E-state index is 11.7. The zero-order valence-corrected chi connectivity index (χ0v) is 12.9. The molecule has 1 heterocycles. The molecular formula is C15H25N5O. The average molecular weight is 291 g/mol. The van der Waals surface area contributed by atoms with Gasteiger partial charge in [-0.25, -0.2) is 0 Å². The van der Waals surface area contributed by atoms with Gasteiger partial charge in [0.25, 0.3) is 5.91 Å². The number of nitrogens with zero attached hydrogens (tertiary/aromatic N) is 2. The number of hydrogen-bond acceptors (Lipinski definition) is 5. The van der Waals surface area contributed by atoms with Crippen LogP contribution in [0.2, 0.25) is 0 Å². The van der Waals surface area contributed by atoms with Crippen molar-refractivity contribution >= 4 is 11.7 Å². The summed E-state index contributed by atoms with van der Waals surface area (Å²) >= 11 is 0. The number of carbonyl (C=O) groups excluding carboxylic acids is 1. The van der Waals surface area contributed by atoms with Crippen molar-refractivity contribution in [3.8, 4) is 0 Å². The average Bonchev–Trinajstić information content (AvgIpc) is 2.48. The molecular weight excluding hydrogens is 266 g/mol. The smallest absolute Gasteiger partial charge is 0.271 e. The predicted molar refractivity (Wildman–Crippen MR) is 83.1 cm³/mol. The van der Waals surface area contributed by atoms with Crippen molar-refractivity contribution in [2.75, 3.05) is 18.4 Å². The second kappa shape index (κ2) is 6.85. The van der Waals surface area contributed by atoms with Crippen LogP contribution in [0, 0.1) is 5.92 Å². The lowest BCUT2D eigenvalue weighted by Crippen LogP contribution is -2.49. The number of carbonyl (C=O) groups is 1. The standard InChI is InChI=1S/C15H25N5O/c1-3-17-14(21)12-6-7-13(20-19-12)18-15(10-16)8-4-5-11(2)9-15/h6-7,11H,3-5,8-10,16H2,1-2H3,(H,17,21)(H,18,20). The number of anilines is 1. The Morgan fingerprint density at radius 1 is 1.48 bits per heavy atom. The molecule has 1 aliphatic rings. The van der Waals surface area contributed by atoms with E-state index < -0.39 is 0 Å². The Morgan fingerprint density at radius 2 is 2.29 bits per heavy atom. The summed E-state index contributed by atoms with van der Waals surface area (Å²) in [5.74, 6) is 1.15. The van der Waals surface area contributed by atoms with E-state index in [4.69, 9.17) is 5.73 Å². The molecule has 0 saturated heterocycles. The number of amides is 1. The summed E-state index contributed by atoms with van der Waals surface area (Å²) in [6.45, 7) is 5.29. The molecule has 1 aliphatic carbocycles. The van der Waals surface area contributed by atoms with Crippen LogP contribution in [0.25, 0.3) is 0 Å². The van der Waals surface area contributed by atoms with Crippen LogP contribution in [0.1, 0.15) is 50.0 Å². The van der Waals surface area contributed by atoms with Gasteiger partial charge in [-0.1, -0.05) is 19.8 Å². The molecule has 21 heavy (non-hydrogen) atoms. The SMILES string of the molecule is CCNC(=O)c1ccc(NC2(CN)CCCC(C)C2)nn1. The summed E-state index contributed by atoms with van der Waals surface area (Å²) in [5.41, 5.74) is 6.23. The van der Waals surface area contributed by atoms with Crippen LogP contribution in [0.15, 0.2) is 12.1 Å². The van der Waals surface area contributed by atoms with Gasteiger partial charge in [-0.15, -0.1) is 10.2 Å². The molecule has 0 aliphatic heterocycles. The van der Waals surface area contributed by atoms with Crippen molar-refractivity contribution in [1.29, 1.82) is 0 Å². The van der Waals surface area contributed by atoms with E-state index in [-0.39, 0.29) is 11.4 Å². The van der Waals surface area contributed by atoms with E-state index in [1.165, 1.54) is 12.8 Å². The minimum atomic E-state index is -0.198. The maximum Gasteiger partial charge on any atom is 0.271 e. The van der Waals surface area contributed by atoms with Gasteiger partial charge in [-0.05, 0) is 37.8 Å². The zero-order valence-electron chi connectivity index (χ0n) is 12.9. The minimum Gasteiger partial charge on any atom is -0.362 e. The van der Waals surface area contributed by atoms with Crippen LogP contribution in [0.4, 0.5) is 5.82 Å².